The van der Waals surface area contributed by atoms with Crippen molar-refractivity contribution >= 4 is 46.2 Å². The van der Waals surface area contributed by atoms with Gasteiger partial charge in [-0.1, -0.05) is 11.6 Å². The summed E-state index contributed by atoms with van der Waals surface area (Å²) in [6.45, 7) is 0. The molecule has 0 radical (unpaired) electrons. The Morgan fingerprint density at radius 1 is 1.06 bits per heavy atom. The van der Waals surface area contributed by atoms with E-state index in [1.807, 2.05) is 0 Å². The average molecular weight is 499 g/mol. The second kappa shape index (κ2) is 10.0. The third kappa shape index (κ3) is 6.30. The molecular formula is C21H15ClF4N4O2S. The van der Waals surface area contributed by atoms with Crippen molar-refractivity contribution in [2.24, 2.45) is 0 Å². The molecule has 1 aromatic heterocycles. The molecule has 0 fully saturated rings. The first-order chi connectivity index (χ1) is 15.6. The van der Waals surface area contributed by atoms with E-state index < -0.39 is 28.5 Å². The van der Waals surface area contributed by atoms with Gasteiger partial charge in [0.2, 0.25) is 0 Å². The predicted molar refractivity (Wildman–Crippen MR) is 120 cm³/mol. The van der Waals surface area contributed by atoms with Crippen LogP contribution in [-0.4, -0.2) is 23.1 Å². The average Bonchev–Trinajstić information content (AvgIpc) is 2.76. The summed E-state index contributed by atoms with van der Waals surface area (Å²) in [5.74, 6) is -0.734. The van der Waals surface area contributed by atoms with Crippen LogP contribution >= 0.6 is 23.8 Å². The van der Waals surface area contributed by atoms with Crippen LogP contribution < -0.4 is 20.7 Å². The molecule has 2 aromatic carbocycles. The molecule has 3 aromatic rings. The van der Waals surface area contributed by atoms with E-state index in [0.717, 1.165) is 18.2 Å². The van der Waals surface area contributed by atoms with Gasteiger partial charge in [-0.15, -0.1) is 0 Å². The largest absolute Gasteiger partial charge is 0.457 e. The first-order valence-corrected chi connectivity index (χ1v) is 9.95. The number of amides is 1. The van der Waals surface area contributed by atoms with Gasteiger partial charge in [0.05, 0.1) is 16.3 Å². The highest BCUT2D eigenvalue weighted by Crippen LogP contribution is 2.36. The van der Waals surface area contributed by atoms with E-state index in [0.29, 0.717) is 0 Å². The molecule has 1 amide bonds. The van der Waals surface area contributed by atoms with Crippen molar-refractivity contribution in [2.75, 3.05) is 17.7 Å². The number of nitrogens with one attached hydrogen (secondary N) is 3. The van der Waals surface area contributed by atoms with Crippen LogP contribution in [0.15, 0.2) is 54.7 Å². The molecule has 6 nitrogen and oxygen atoms in total. The Hall–Kier alpha value is -3.44. The zero-order valence-corrected chi connectivity index (χ0v) is 18.3. The van der Waals surface area contributed by atoms with Crippen molar-refractivity contribution in [3.63, 3.8) is 0 Å². The second-order valence-electron chi connectivity index (χ2n) is 6.47. The minimum absolute atomic E-state index is 0.0224. The number of hydrogen-bond donors (Lipinski definition) is 3. The Kier molecular flexibility index (Phi) is 7.34. The zero-order valence-electron chi connectivity index (χ0n) is 16.8. The molecule has 33 heavy (non-hydrogen) atoms. The van der Waals surface area contributed by atoms with Crippen molar-refractivity contribution in [2.45, 2.75) is 6.18 Å². The quantitative estimate of drug-likeness (QED) is 0.302. The van der Waals surface area contributed by atoms with Crippen LogP contribution in [-0.2, 0) is 6.18 Å². The van der Waals surface area contributed by atoms with Gasteiger partial charge in [0, 0.05) is 31.1 Å². The molecule has 3 rings (SSSR count). The van der Waals surface area contributed by atoms with Gasteiger partial charge in [0.25, 0.3) is 5.91 Å². The van der Waals surface area contributed by atoms with Crippen molar-refractivity contribution < 1.29 is 27.1 Å². The van der Waals surface area contributed by atoms with Crippen LogP contribution in [0.4, 0.5) is 28.9 Å². The minimum Gasteiger partial charge on any atom is -0.457 e. The molecule has 0 saturated heterocycles. The van der Waals surface area contributed by atoms with Gasteiger partial charge in [0.1, 0.15) is 23.0 Å². The number of alkyl halides is 3. The molecule has 12 heteroatoms. The molecule has 0 bridgehead atoms. The number of benzene rings is 2. The lowest BCUT2D eigenvalue weighted by atomic mass is 10.2. The van der Waals surface area contributed by atoms with E-state index in [-0.39, 0.29) is 33.7 Å². The Bertz CT molecular complexity index is 1210. The van der Waals surface area contributed by atoms with Gasteiger partial charge < -0.3 is 20.7 Å². The normalized spacial score (nSPS) is 11.0. The maximum Gasteiger partial charge on any atom is 0.417 e. The maximum atomic E-state index is 14.5. The Morgan fingerprint density at radius 3 is 2.45 bits per heavy atom. The molecule has 0 atom stereocenters. The molecule has 0 unspecified atom stereocenters. The van der Waals surface area contributed by atoms with E-state index in [2.05, 4.69) is 20.9 Å². The van der Waals surface area contributed by atoms with Crippen LogP contribution in [0.5, 0.6) is 11.5 Å². The number of aromatic nitrogens is 1. The van der Waals surface area contributed by atoms with Crippen LogP contribution in [0.1, 0.15) is 16.1 Å². The van der Waals surface area contributed by atoms with E-state index in [4.69, 9.17) is 28.6 Å². The summed E-state index contributed by atoms with van der Waals surface area (Å²) in [5, 5.41) is 6.96. The number of thiocarbonyl (C=S) groups is 1. The number of rotatable bonds is 5. The monoisotopic (exact) mass is 498 g/mol. The first kappa shape index (κ1) is 24.2. The number of halogens is 5. The third-order valence-electron chi connectivity index (χ3n) is 4.15. The highest BCUT2D eigenvalue weighted by molar-refractivity contribution is 7.80. The summed E-state index contributed by atoms with van der Waals surface area (Å²) in [6, 6.07) is 9.93. The lowest BCUT2D eigenvalue weighted by Crippen LogP contribution is -2.20. The number of pyridine rings is 1. The summed E-state index contributed by atoms with van der Waals surface area (Å²) in [7, 11) is 1.46. The van der Waals surface area contributed by atoms with Crippen molar-refractivity contribution in [3.8, 4) is 11.5 Å². The second-order valence-corrected chi connectivity index (χ2v) is 7.29. The number of hydrogen-bond acceptors (Lipinski definition) is 4. The first-order valence-electron chi connectivity index (χ1n) is 9.17. The van der Waals surface area contributed by atoms with Crippen LogP contribution in [0.2, 0.25) is 5.02 Å². The summed E-state index contributed by atoms with van der Waals surface area (Å²) in [5.41, 5.74) is -0.916. The Labute approximate surface area is 195 Å². The van der Waals surface area contributed by atoms with Gasteiger partial charge in [-0.2, -0.15) is 13.2 Å². The fourth-order valence-corrected chi connectivity index (χ4v) is 3.08. The zero-order chi connectivity index (χ0) is 24.2. The van der Waals surface area contributed by atoms with E-state index >= 15 is 0 Å². The molecule has 3 N–H and O–H groups in total. The topological polar surface area (TPSA) is 75.3 Å². The highest BCUT2D eigenvalue weighted by Gasteiger charge is 2.33. The Balaban J connectivity index is 1.68. The summed E-state index contributed by atoms with van der Waals surface area (Å²) >= 11 is 10.6. The van der Waals surface area contributed by atoms with Crippen LogP contribution in [0.25, 0.3) is 0 Å². The SMILES string of the molecule is CNC(=O)c1cc(Oc2ccc(NC(=S)Nc3ccc(Cl)c(C(F)(F)F)c3)c(F)c2)ccn1. The maximum absolute atomic E-state index is 14.5. The summed E-state index contributed by atoms with van der Waals surface area (Å²) < 4.78 is 59.0. The molecule has 0 saturated carbocycles. The lowest BCUT2D eigenvalue weighted by molar-refractivity contribution is -0.137. The fourth-order valence-electron chi connectivity index (χ4n) is 2.63. The number of anilines is 2. The number of carbonyl (C=O) groups excluding carboxylic acids is 1. The summed E-state index contributed by atoms with van der Waals surface area (Å²) in [6.07, 6.45) is -3.26. The molecule has 0 spiro atoms. The van der Waals surface area contributed by atoms with E-state index in [1.54, 1.807) is 0 Å². The van der Waals surface area contributed by atoms with Gasteiger partial charge in [-0.3, -0.25) is 9.78 Å². The van der Waals surface area contributed by atoms with Crippen molar-refractivity contribution in [1.82, 2.24) is 10.3 Å². The molecule has 172 valence electrons. The highest BCUT2D eigenvalue weighted by atomic mass is 35.5. The molecular weight excluding hydrogens is 484 g/mol. The standard InChI is InChI=1S/C21H15ClF4N4O2S/c1-27-19(31)18-10-13(6-7-28-18)32-12-3-5-17(16(23)9-12)30-20(33)29-11-2-4-15(22)14(8-11)21(24,25)26/h2-10H,1H3,(H,27,31)(H2,29,30,33). The minimum atomic E-state index is -4.64. The smallest absolute Gasteiger partial charge is 0.417 e. The van der Waals surface area contributed by atoms with Crippen LogP contribution in [0, 0.1) is 5.82 Å². The van der Waals surface area contributed by atoms with Gasteiger partial charge >= 0.3 is 6.18 Å². The molecule has 0 aliphatic rings. The number of nitrogens with zero attached hydrogens (tertiary/aromatic N) is 1. The molecule has 0 aliphatic heterocycles. The Morgan fingerprint density at radius 2 is 1.79 bits per heavy atom. The fraction of sp³-hybridized carbons (Fsp3) is 0.0952. The van der Waals surface area contributed by atoms with Gasteiger partial charge in [-0.25, -0.2) is 4.39 Å². The van der Waals surface area contributed by atoms with Crippen LogP contribution in [0.3, 0.4) is 0 Å². The van der Waals surface area contributed by atoms with E-state index in [9.17, 15) is 22.4 Å². The molecule has 0 aliphatic carbocycles. The van der Waals surface area contributed by atoms with Gasteiger partial charge in [-0.05, 0) is 48.6 Å². The van der Waals surface area contributed by atoms with Gasteiger partial charge in [0.15, 0.2) is 5.11 Å². The summed E-state index contributed by atoms with van der Waals surface area (Å²) in [4.78, 5) is 15.6. The predicted octanol–water partition coefficient (Wildman–Crippen LogP) is 5.85. The third-order valence-corrected chi connectivity index (χ3v) is 4.68. The van der Waals surface area contributed by atoms with Crippen molar-refractivity contribution in [3.05, 3.63) is 76.8 Å². The molecule has 1 heterocycles. The van der Waals surface area contributed by atoms with Crippen molar-refractivity contribution in [1.29, 1.82) is 0 Å². The lowest BCUT2D eigenvalue weighted by Gasteiger charge is -2.14. The number of carbonyl (C=O) groups is 1. The number of ether oxygens (including phenoxy) is 1. The van der Waals surface area contributed by atoms with E-state index in [1.165, 1.54) is 43.6 Å².